The lowest BCUT2D eigenvalue weighted by atomic mass is 10.1. The van der Waals surface area contributed by atoms with Gasteiger partial charge in [-0.25, -0.2) is 13.8 Å². The molecule has 0 unspecified atom stereocenters. The highest BCUT2D eigenvalue weighted by atomic mass is 32.2. The fraction of sp³-hybridized carbons (Fsp3) is 0.333. The van der Waals surface area contributed by atoms with Crippen molar-refractivity contribution in [3.05, 3.63) is 57.9 Å². The lowest BCUT2D eigenvalue weighted by molar-refractivity contribution is -0.122. The average molecular weight is 503 g/mol. The number of rotatable bonds is 8. The van der Waals surface area contributed by atoms with E-state index < -0.39 is 6.43 Å². The number of nitrogens with zero attached hydrogens (tertiary/aromatic N) is 3. The number of hydrogen-bond acceptors (Lipinski definition) is 6. The largest absolute Gasteiger partial charge is 0.496 e. The highest BCUT2D eigenvalue weighted by Crippen LogP contribution is 2.33. The first kappa shape index (κ1) is 25.6. The fourth-order valence-corrected chi connectivity index (χ4v) is 4.74. The standard InChI is InChI=1S/C24H24F2N4O2S2/c1-13(2)11-30-23(31)19(29-24(30)33)9-15-5-6-20(32-4)16(8-15)12-34-22-17(10-27)14(3)7-18(28-22)21(25)26/h5-9,13,21H,11-12H2,1-4H3,(H,29,33)/b19-9+. The van der Waals surface area contributed by atoms with E-state index in [2.05, 4.69) is 10.3 Å². The van der Waals surface area contributed by atoms with Crippen molar-refractivity contribution >= 4 is 41.1 Å². The normalized spacial score (nSPS) is 14.8. The maximum Gasteiger partial charge on any atom is 0.280 e. The number of pyridine rings is 1. The van der Waals surface area contributed by atoms with Crippen LogP contribution in [-0.2, 0) is 10.5 Å². The molecule has 178 valence electrons. The van der Waals surface area contributed by atoms with E-state index in [-0.39, 0.29) is 28.1 Å². The van der Waals surface area contributed by atoms with Gasteiger partial charge in [0.05, 0.1) is 12.7 Å². The number of methoxy groups -OCH3 is 1. The number of halogens is 2. The summed E-state index contributed by atoms with van der Waals surface area (Å²) in [5, 5.41) is 13.1. The first-order valence-electron chi connectivity index (χ1n) is 10.5. The SMILES string of the molecule is COc1ccc(/C=C2/NC(=S)N(CC(C)C)C2=O)cc1CSc1nc(C(F)F)cc(C)c1C#N. The minimum Gasteiger partial charge on any atom is -0.496 e. The van der Waals surface area contributed by atoms with Crippen molar-refractivity contribution in [1.82, 2.24) is 15.2 Å². The molecular formula is C24H24F2N4O2S2. The van der Waals surface area contributed by atoms with Gasteiger partial charge < -0.3 is 10.1 Å². The maximum absolute atomic E-state index is 13.2. The number of hydrogen-bond donors (Lipinski definition) is 1. The summed E-state index contributed by atoms with van der Waals surface area (Å²) in [4.78, 5) is 18.3. The van der Waals surface area contributed by atoms with Crippen molar-refractivity contribution < 1.29 is 18.3 Å². The Hall–Kier alpha value is -3.03. The quantitative estimate of drug-likeness (QED) is 0.301. The van der Waals surface area contributed by atoms with Crippen LogP contribution in [-0.4, -0.2) is 34.6 Å². The topological polar surface area (TPSA) is 78.2 Å². The zero-order valence-corrected chi connectivity index (χ0v) is 20.8. The summed E-state index contributed by atoms with van der Waals surface area (Å²) >= 11 is 6.48. The van der Waals surface area contributed by atoms with Crippen LogP contribution in [0.25, 0.3) is 6.08 Å². The van der Waals surface area contributed by atoms with Gasteiger partial charge in [0, 0.05) is 17.9 Å². The molecule has 0 radical (unpaired) electrons. The molecule has 0 aliphatic carbocycles. The van der Waals surface area contributed by atoms with Crippen LogP contribution in [0.2, 0.25) is 0 Å². The third-order valence-electron chi connectivity index (χ3n) is 5.03. The number of amides is 1. The van der Waals surface area contributed by atoms with Crippen LogP contribution in [0.1, 0.15) is 48.2 Å². The third kappa shape index (κ3) is 5.72. The van der Waals surface area contributed by atoms with Gasteiger partial charge in [-0.3, -0.25) is 9.69 Å². The molecule has 10 heteroatoms. The highest BCUT2D eigenvalue weighted by molar-refractivity contribution is 7.98. The number of alkyl halides is 2. The molecule has 1 aliphatic heterocycles. The van der Waals surface area contributed by atoms with E-state index >= 15 is 0 Å². The molecule has 0 saturated carbocycles. The minimum atomic E-state index is -2.73. The summed E-state index contributed by atoms with van der Waals surface area (Å²) in [7, 11) is 1.53. The second-order valence-electron chi connectivity index (χ2n) is 8.11. The smallest absolute Gasteiger partial charge is 0.280 e. The molecule has 1 aliphatic rings. The number of carbonyl (C=O) groups excluding carboxylic acids is 1. The van der Waals surface area contributed by atoms with Crippen molar-refractivity contribution in [3.63, 3.8) is 0 Å². The van der Waals surface area contributed by atoms with Crippen molar-refractivity contribution in [1.29, 1.82) is 5.26 Å². The molecule has 3 rings (SSSR count). The van der Waals surface area contributed by atoms with Gasteiger partial charge in [-0.2, -0.15) is 5.26 Å². The van der Waals surface area contributed by atoms with Crippen LogP contribution < -0.4 is 10.1 Å². The molecule has 2 aromatic rings. The van der Waals surface area contributed by atoms with E-state index in [1.165, 1.54) is 24.9 Å². The van der Waals surface area contributed by atoms with Gasteiger partial charge >= 0.3 is 0 Å². The lowest BCUT2D eigenvalue weighted by Gasteiger charge is -2.16. The number of nitriles is 1. The van der Waals surface area contributed by atoms with Crippen molar-refractivity contribution in [2.45, 2.75) is 38.0 Å². The van der Waals surface area contributed by atoms with Crippen molar-refractivity contribution in [3.8, 4) is 11.8 Å². The highest BCUT2D eigenvalue weighted by Gasteiger charge is 2.30. The number of carbonyl (C=O) groups is 1. The predicted octanol–water partition coefficient (Wildman–Crippen LogP) is 5.21. The van der Waals surface area contributed by atoms with Crippen LogP contribution in [0.3, 0.4) is 0 Å². The summed E-state index contributed by atoms with van der Waals surface area (Å²) in [5.74, 6) is 1.00. The molecule has 34 heavy (non-hydrogen) atoms. The van der Waals surface area contributed by atoms with E-state index in [1.807, 2.05) is 32.0 Å². The number of benzene rings is 1. The Morgan fingerprint density at radius 1 is 1.35 bits per heavy atom. The number of ether oxygens (including phenoxy) is 1. The molecule has 1 amide bonds. The second-order valence-corrected chi connectivity index (χ2v) is 9.47. The fourth-order valence-electron chi connectivity index (χ4n) is 3.44. The lowest BCUT2D eigenvalue weighted by Crippen LogP contribution is -2.33. The van der Waals surface area contributed by atoms with E-state index in [0.29, 0.717) is 34.4 Å². The summed E-state index contributed by atoms with van der Waals surface area (Å²) in [6, 6.07) is 8.71. The third-order valence-corrected chi connectivity index (χ3v) is 6.38. The molecule has 0 atom stereocenters. The molecule has 2 heterocycles. The Morgan fingerprint density at radius 2 is 2.09 bits per heavy atom. The molecule has 1 saturated heterocycles. The van der Waals surface area contributed by atoms with Crippen LogP contribution in [0.15, 0.2) is 35.0 Å². The molecule has 1 N–H and O–H groups in total. The Labute approximate surface area is 207 Å². The molecule has 6 nitrogen and oxygen atoms in total. The van der Waals surface area contributed by atoms with Gasteiger partial charge in [0.2, 0.25) is 0 Å². The Morgan fingerprint density at radius 3 is 2.71 bits per heavy atom. The van der Waals surface area contributed by atoms with Gasteiger partial charge in [-0.05, 0) is 60.5 Å². The van der Waals surface area contributed by atoms with Crippen LogP contribution in [0.4, 0.5) is 8.78 Å². The molecule has 1 aromatic carbocycles. The summed E-state index contributed by atoms with van der Waals surface area (Å²) in [6.07, 6.45) is -1.02. The Kier molecular flexibility index (Phi) is 8.23. The predicted molar refractivity (Wildman–Crippen MR) is 131 cm³/mol. The number of thiocarbonyl (C=S) groups is 1. The number of thioether (sulfide) groups is 1. The average Bonchev–Trinajstić information content (AvgIpc) is 3.04. The van der Waals surface area contributed by atoms with Gasteiger partial charge in [-0.1, -0.05) is 19.9 Å². The Bertz CT molecular complexity index is 1190. The van der Waals surface area contributed by atoms with Crippen LogP contribution >= 0.6 is 24.0 Å². The van der Waals surface area contributed by atoms with E-state index in [0.717, 1.165) is 11.1 Å². The number of aryl methyl sites for hydroxylation is 1. The van der Waals surface area contributed by atoms with Gasteiger partial charge in [0.15, 0.2) is 5.11 Å². The van der Waals surface area contributed by atoms with E-state index in [9.17, 15) is 18.8 Å². The first-order valence-corrected chi connectivity index (χ1v) is 11.9. The molecule has 0 bridgehead atoms. The van der Waals surface area contributed by atoms with Crippen LogP contribution in [0, 0.1) is 24.2 Å². The molecule has 1 aromatic heterocycles. The summed E-state index contributed by atoms with van der Waals surface area (Å²) in [6.45, 7) is 6.16. The zero-order chi connectivity index (χ0) is 25.0. The van der Waals surface area contributed by atoms with Crippen LogP contribution in [0.5, 0.6) is 5.75 Å². The summed E-state index contributed by atoms with van der Waals surface area (Å²) < 4.78 is 31.9. The van der Waals surface area contributed by atoms with E-state index in [4.69, 9.17) is 17.0 Å². The molecular weight excluding hydrogens is 478 g/mol. The summed E-state index contributed by atoms with van der Waals surface area (Å²) in [5.41, 5.74) is 2.24. The zero-order valence-electron chi connectivity index (χ0n) is 19.2. The maximum atomic E-state index is 13.2. The number of aromatic nitrogens is 1. The number of nitrogens with one attached hydrogen (secondary N) is 1. The minimum absolute atomic E-state index is 0.187. The Balaban J connectivity index is 1.88. The van der Waals surface area contributed by atoms with Gasteiger partial charge in [0.25, 0.3) is 12.3 Å². The van der Waals surface area contributed by atoms with Crippen molar-refractivity contribution in [2.24, 2.45) is 5.92 Å². The van der Waals surface area contributed by atoms with Gasteiger partial charge in [0.1, 0.15) is 28.2 Å². The molecule has 1 fully saturated rings. The monoisotopic (exact) mass is 502 g/mol. The first-order chi connectivity index (χ1) is 16.1. The molecule has 0 spiro atoms. The van der Waals surface area contributed by atoms with Gasteiger partial charge in [-0.15, -0.1) is 11.8 Å². The van der Waals surface area contributed by atoms with E-state index in [1.54, 1.807) is 24.0 Å². The van der Waals surface area contributed by atoms with Crippen molar-refractivity contribution in [2.75, 3.05) is 13.7 Å². The second kappa shape index (κ2) is 10.9.